The summed E-state index contributed by atoms with van der Waals surface area (Å²) in [5.74, 6) is 1.04. The van der Waals surface area contributed by atoms with Crippen molar-refractivity contribution in [3.8, 4) is 0 Å². The van der Waals surface area contributed by atoms with Gasteiger partial charge in [0.2, 0.25) is 0 Å². The van der Waals surface area contributed by atoms with Crippen molar-refractivity contribution < 1.29 is 33.3 Å². The summed E-state index contributed by atoms with van der Waals surface area (Å²) >= 11 is 0. The average molecular weight is 417 g/mol. The fraction of sp³-hybridized carbons (Fsp3) is 0.588. The molecule has 0 saturated heterocycles. The number of nitrogens with zero attached hydrogens (tertiary/aromatic N) is 1. The summed E-state index contributed by atoms with van der Waals surface area (Å²) in [6.45, 7) is 14.9. The van der Waals surface area contributed by atoms with E-state index in [1.807, 2.05) is 0 Å². The first-order valence-corrected chi connectivity index (χ1v) is 11.1. The predicted molar refractivity (Wildman–Crippen MR) is 88.5 cm³/mol. The van der Waals surface area contributed by atoms with Crippen LogP contribution in [0, 0.1) is 0 Å². The molecule has 0 aliphatic carbocycles. The topological polar surface area (TPSA) is 12.2 Å². The molecule has 1 aromatic carbocycles. The van der Waals surface area contributed by atoms with Crippen molar-refractivity contribution in [2.75, 3.05) is 13.7 Å². The number of hydrogen-bond donors (Lipinski definition) is 0. The molecule has 118 valence electrons. The van der Waals surface area contributed by atoms with Crippen LogP contribution in [0.25, 0.3) is 0 Å². The van der Waals surface area contributed by atoms with Crippen molar-refractivity contribution in [2.24, 2.45) is 0 Å². The summed E-state index contributed by atoms with van der Waals surface area (Å²) in [4.78, 5) is 0. The van der Waals surface area contributed by atoms with Gasteiger partial charge in [-0.05, 0) is 17.2 Å². The van der Waals surface area contributed by atoms with E-state index in [1.165, 1.54) is 11.1 Å². The van der Waals surface area contributed by atoms with E-state index in [9.17, 15) is 0 Å². The zero-order valence-corrected chi connectivity index (χ0v) is 17.5. The van der Waals surface area contributed by atoms with Gasteiger partial charge in [-0.2, -0.15) is 4.58 Å². The second-order valence-corrected chi connectivity index (χ2v) is 13.2. The van der Waals surface area contributed by atoms with E-state index in [1.54, 1.807) is 0 Å². The second kappa shape index (κ2) is 6.40. The molecule has 2 nitrogen and oxygen atoms in total. The lowest BCUT2D eigenvalue weighted by Crippen LogP contribution is -3.00. The minimum atomic E-state index is -1.23. The van der Waals surface area contributed by atoms with Crippen LogP contribution >= 0.6 is 0 Å². The third kappa shape index (κ3) is 3.70. The van der Waals surface area contributed by atoms with E-state index in [-0.39, 0.29) is 29.5 Å². The molecule has 1 aliphatic heterocycles. The Morgan fingerprint density at radius 3 is 2.24 bits per heavy atom. The van der Waals surface area contributed by atoms with Gasteiger partial charge in [-0.25, -0.2) is 0 Å². The number of hydrogen-bond acceptors (Lipinski definition) is 1. The molecule has 0 spiro atoms. The Balaban J connectivity index is 0.00000220. The minimum Gasteiger partial charge on any atom is -1.00 e. The van der Waals surface area contributed by atoms with Crippen LogP contribution in [0.4, 0.5) is 0 Å². The quantitative estimate of drug-likeness (QED) is 0.404. The Morgan fingerprint density at radius 2 is 1.76 bits per heavy atom. The minimum absolute atomic E-state index is 0. The molecular formula is C17H28INOSi. The van der Waals surface area contributed by atoms with E-state index in [4.69, 9.17) is 4.74 Å². The van der Waals surface area contributed by atoms with E-state index in [0.717, 1.165) is 12.5 Å². The normalized spacial score (nSPS) is 19.0. The summed E-state index contributed by atoms with van der Waals surface area (Å²) in [7, 11) is 0.908. The van der Waals surface area contributed by atoms with Gasteiger partial charge in [0.25, 0.3) is 0 Å². The van der Waals surface area contributed by atoms with Crippen LogP contribution in [-0.2, 0) is 4.74 Å². The van der Waals surface area contributed by atoms with Crippen molar-refractivity contribution in [1.29, 1.82) is 0 Å². The van der Waals surface area contributed by atoms with Crippen molar-refractivity contribution in [2.45, 2.75) is 51.5 Å². The molecule has 1 unspecified atom stereocenters. The second-order valence-electron chi connectivity index (χ2n) is 7.64. The lowest BCUT2D eigenvalue weighted by molar-refractivity contribution is -0.562. The molecule has 0 radical (unpaired) electrons. The van der Waals surface area contributed by atoms with Gasteiger partial charge in [-0.15, -0.1) is 0 Å². The monoisotopic (exact) mass is 417 g/mol. The van der Waals surface area contributed by atoms with Crippen molar-refractivity contribution in [3.63, 3.8) is 0 Å². The molecule has 0 amide bonds. The summed E-state index contributed by atoms with van der Waals surface area (Å²) < 4.78 is 8.31. The smallest absolute Gasteiger partial charge is 0.370 e. The number of rotatable bonds is 3. The SMILES string of the molecule is CC(c1ccccc1C1=[N+](C)C(C)(C)CO1)[Si](C)(C)C.[I-]. The Hall–Kier alpha value is -0.363. The predicted octanol–water partition coefficient (Wildman–Crippen LogP) is 0.869. The maximum Gasteiger partial charge on any atom is 0.370 e. The van der Waals surface area contributed by atoms with Crippen LogP contribution < -0.4 is 24.0 Å². The third-order valence-electron chi connectivity index (χ3n) is 4.73. The van der Waals surface area contributed by atoms with Gasteiger partial charge in [-0.3, -0.25) is 0 Å². The van der Waals surface area contributed by atoms with Crippen LogP contribution in [0.2, 0.25) is 19.6 Å². The number of benzene rings is 1. The molecule has 1 aliphatic rings. The Morgan fingerprint density at radius 1 is 1.19 bits per heavy atom. The maximum absolute atomic E-state index is 6.03. The average Bonchev–Trinajstić information content (AvgIpc) is 2.63. The Bertz CT molecular complexity index is 546. The van der Waals surface area contributed by atoms with Gasteiger partial charge in [0, 0.05) is 13.8 Å². The first-order chi connectivity index (χ1) is 9.14. The van der Waals surface area contributed by atoms with Crippen LogP contribution in [-0.4, -0.2) is 37.7 Å². The molecule has 0 fully saturated rings. The summed E-state index contributed by atoms with van der Waals surface area (Å²) in [6, 6.07) is 8.74. The van der Waals surface area contributed by atoms with Gasteiger partial charge < -0.3 is 28.7 Å². The van der Waals surface area contributed by atoms with E-state index in [0.29, 0.717) is 5.54 Å². The highest BCUT2D eigenvalue weighted by Crippen LogP contribution is 2.31. The Labute approximate surface area is 147 Å². The van der Waals surface area contributed by atoms with Gasteiger partial charge in [0.15, 0.2) is 12.1 Å². The number of ether oxygens (including phenoxy) is 1. The third-order valence-corrected chi connectivity index (χ3v) is 7.64. The molecule has 1 heterocycles. The zero-order valence-electron chi connectivity index (χ0n) is 14.3. The molecule has 0 N–H and O–H groups in total. The first kappa shape index (κ1) is 18.7. The van der Waals surface area contributed by atoms with Crippen LogP contribution in [0.3, 0.4) is 0 Å². The van der Waals surface area contributed by atoms with Crippen LogP contribution in [0.5, 0.6) is 0 Å². The molecule has 0 saturated carbocycles. The zero-order chi connectivity index (χ0) is 15.1. The number of likely N-dealkylation sites (N-methyl/N-ethyl adjacent to an activating group) is 1. The molecule has 2 rings (SSSR count). The van der Waals surface area contributed by atoms with Gasteiger partial charge in [-0.1, -0.05) is 44.8 Å². The number of halogens is 1. The molecule has 1 aromatic rings. The molecule has 0 aromatic heterocycles. The fourth-order valence-corrected chi connectivity index (χ4v) is 3.69. The first-order valence-electron chi connectivity index (χ1n) is 7.47. The van der Waals surface area contributed by atoms with E-state index >= 15 is 0 Å². The molecular weight excluding hydrogens is 389 g/mol. The van der Waals surface area contributed by atoms with Gasteiger partial charge >= 0.3 is 5.90 Å². The highest BCUT2D eigenvalue weighted by molar-refractivity contribution is 6.77. The largest absolute Gasteiger partial charge is 1.00 e. The van der Waals surface area contributed by atoms with Crippen LogP contribution in [0.15, 0.2) is 24.3 Å². The van der Waals surface area contributed by atoms with Crippen molar-refractivity contribution in [1.82, 2.24) is 0 Å². The molecule has 4 heteroatoms. The van der Waals surface area contributed by atoms with Crippen molar-refractivity contribution in [3.05, 3.63) is 35.4 Å². The standard InChI is InChI=1S/C17H28NOSi.HI/c1-13(20(5,6)7)14-10-8-9-11-15(14)16-18(4)17(2,3)12-19-16;/h8-11,13H,12H2,1-7H3;1H/q+1;/p-1. The lowest BCUT2D eigenvalue weighted by Gasteiger charge is -2.26. The fourth-order valence-electron chi connectivity index (χ4n) is 2.51. The van der Waals surface area contributed by atoms with Crippen molar-refractivity contribution >= 4 is 14.0 Å². The molecule has 0 bridgehead atoms. The summed E-state index contributed by atoms with van der Waals surface area (Å²) in [5.41, 5.74) is 3.40. The molecule has 21 heavy (non-hydrogen) atoms. The summed E-state index contributed by atoms with van der Waals surface area (Å²) in [5, 5.41) is 0. The van der Waals surface area contributed by atoms with Gasteiger partial charge in [0.1, 0.15) is 7.05 Å². The Kier molecular flexibility index (Phi) is 5.70. The van der Waals surface area contributed by atoms with E-state index < -0.39 is 8.07 Å². The lowest BCUT2D eigenvalue weighted by atomic mass is 10.0. The highest BCUT2D eigenvalue weighted by atomic mass is 127. The molecule has 1 atom stereocenters. The van der Waals surface area contributed by atoms with Gasteiger partial charge in [0.05, 0.1) is 13.6 Å². The van der Waals surface area contributed by atoms with Crippen LogP contribution in [0.1, 0.15) is 37.4 Å². The highest BCUT2D eigenvalue weighted by Gasteiger charge is 2.41. The van der Waals surface area contributed by atoms with E-state index in [2.05, 4.69) is 76.3 Å². The maximum atomic E-state index is 6.03. The summed E-state index contributed by atoms with van der Waals surface area (Å²) in [6.07, 6.45) is 0.